The lowest BCUT2D eigenvalue weighted by Crippen LogP contribution is -2.10. The van der Waals surface area contributed by atoms with Crippen molar-refractivity contribution in [3.05, 3.63) is 267 Å². The van der Waals surface area contributed by atoms with Crippen LogP contribution in [-0.2, 0) is 0 Å². The van der Waals surface area contributed by atoms with Crippen LogP contribution in [0.3, 0.4) is 0 Å². The van der Waals surface area contributed by atoms with Gasteiger partial charge in [0.1, 0.15) is 0 Å². The van der Waals surface area contributed by atoms with Gasteiger partial charge in [-0.15, -0.1) is 0 Å². The van der Waals surface area contributed by atoms with E-state index in [1.807, 2.05) is 12.1 Å². The van der Waals surface area contributed by atoms with Crippen LogP contribution in [0.2, 0.25) is 0 Å². The Kier molecular flexibility index (Phi) is 9.78. The van der Waals surface area contributed by atoms with Gasteiger partial charge in [-0.25, -0.2) is 0 Å². The predicted molar refractivity (Wildman–Crippen MR) is 278 cm³/mol. The second kappa shape index (κ2) is 16.7. The first-order valence-corrected chi connectivity index (χ1v) is 22.5. The molecule has 0 saturated heterocycles. The van der Waals surface area contributed by atoms with Gasteiger partial charge in [0.2, 0.25) is 0 Å². The zero-order chi connectivity index (χ0) is 43.8. The fourth-order valence-electron chi connectivity index (χ4n) is 9.72. The number of aromatic nitrogens is 1. The summed E-state index contributed by atoms with van der Waals surface area (Å²) in [6.07, 6.45) is 0. The SMILES string of the molecule is c1cccc(-c2cccc(N(c3ccc(-c4cc(-c5ccccc5)cc(-c5ccccc5)c4)cc3)c3cccc(-c4c5ccccc5cc5c4c4ccccc4n5-c4ccccc4)c3)c2)c#1. The highest BCUT2D eigenvalue weighted by atomic mass is 15.1. The van der Waals surface area contributed by atoms with Crippen LogP contribution >= 0.6 is 0 Å². The molecule has 12 rings (SSSR count). The topological polar surface area (TPSA) is 8.17 Å². The first-order valence-electron chi connectivity index (χ1n) is 22.5. The quantitative estimate of drug-likeness (QED) is 0.141. The lowest BCUT2D eigenvalue weighted by atomic mass is 9.92. The van der Waals surface area contributed by atoms with Gasteiger partial charge < -0.3 is 9.47 Å². The monoisotopic (exact) mass is 838 g/mol. The third-order valence-electron chi connectivity index (χ3n) is 12.8. The van der Waals surface area contributed by atoms with Gasteiger partial charge in [-0.3, -0.25) is 0 Å². The van der Waals surface area contributed by atoms with Gasteiger partial charge in [0.15, 0.2) is 0 Å². The molecule has 2 nitrogen and oxygen atoms in total. The van der Waals surface area contributed by atoms with Crippen LogP contribution in [0.15, 0.2) is 255 Å². The third-order valence-corrected chi connectivity index (χ3v) is 12.8. The van der Waals surface area contributed by atoms with E-state index in [0.29, 0.717) is 0 Å². The van der Waals surface area contributed by atoms with Crippen molar-refractivity contribution in [3.8, 4) is 61.3 Å². The molecule has 66 heavy (non-hydrogen) atoms. The van der Waals surface area contributed by atoms with Crippen molar-refractivity contribution in [1.29, 1.82) is 0 Å². The van der Waals surface area contributed by atoms with Crippen LogP contribution in [-0.4, -0.2) is 4.57 Å². The molecule has 2 heteroatoms. The van der Waals surface area contributed by atoms with E-state index >= 15 is 0 Å². The number of fused-ring (bicyclic) bond motifs is 4. The number of anilines is 3. The van der Waals surface area contributed by atoms with Gasteiger partial charge in [0.25, 0.3) is 0 Å². The van der Waals surface area contributed by atoms with Crippen molar-refractivity contribution in [2.24, 2.45) is 0 Å². The molecule has 0 aliphatic heterocycles. The van der Waals surface area contributed by atoms with E-state index in [9.17, 15) is 0 Å². The minimum atomic E-state index is 1.00. The summed E-state index contributed by atoms with van der Waals surface area (Å²) in [5.74, 6) is 0. The molecule has 0 bridgehead atoms. The standard InChI is InChI=1S/C64H42N2/c1-5-19-45(20-6-1)49-26-17-30-57(42-49)65(56-37-35-48(36-38-56)54-40-52(46-21-7-2-8-22-46)39-53(41-54)47-23-9-3-10-24-47)58-31-18-27-51(43-58)63-59-32-14-13-25-50(59)44-62-64(63)60-33-15-16-34-61(60)66(62)55-28-11-4-12-29-55/h1-5,7-19,21-44H. The Hall–Kier alpha value is -8.90. The lowest BCUT2D eigenvalue weighted by Gasteiger charge is -2.27. The smallest absolute Gasteiger partial charge is 0.0553 e. The van der Waals surface area contributed by atoms with Crippen molar-refractivity contribution < 1.29 is 0 Å². The fraction of sp³-hybridized carbons (Fsp3) is 0. The average Bonchev–Trinajstić information content (AvgIpc) is 3.73. The van der Waals surface area contributed by atoms with Gasteiger partial charge in [-0.2, -0.15) is 0 Å². The Morgan fingerprint density at radius 1 is 0.333 bits per heavy atom. The molecule has 0 fully saturated rings. The van der Waals surface area contributed by atoms with Crippen LogP contribution in [0, 0.1) is 12.1 Å². The molecule has 11 aromatic carbocycles. The fourth-order valence-corrected chi connectivity index (χ4v) is 9.72. The van der Waals surface area contributed by atoms with Crippen molar-refractivity contribution in [2.45, 2.75) is 0 Å². The number of nitrogens with zero attached hydrogens (tertiary/aromatic N) is 2. The first-order chi connectivity index (χ1) is 32.7. The van der Waals surface area contributed by atoms with E-state index < -0.39 is 0 Å². The summed E-state index contributed by atoms with van der Waals surface area (Å²) in [6, 6.07) is 98.4. The van der Waals surface area contributed by atoms with Gasteiger partial charge in [0, 0.05) is 39.1 Å². The van der Waals surface area contributed by atoms with E-state index in [4.69, 9.17) is 0 Å². The van der Waals surface area contributed by atoms with E-state index in [1.165, 1.54) is 66.0 Å². The van der Waals surface area contributed by atoms with E-state index in [-0.39, 0.29) is 0 Å². The minimum Gasteiger partial charge on any atom is -0.310 e. The van der Waals surface area contributed by atoms with Crippen LogP contribution in [0.5, 0.6) is 0 Å². The lowest BCUT2D eigenvalue weighted by molar-refractivity contribution is 1.18. The second-order valence-corrected chi connectivity index (χ2v) is 16.8. The van der Waals surface area contributed by atoms with Crippen molar-refractivity contribution >= 4 is 49.6 Å². The summed E-state index contributed by atoms with van der Waals surface area (Å²) in [5.41, 5.74) is 18.2. The van der Waals surface area contributed by atoms with Gasteiger partial charge >= 0.3 is 0 Å². The number of rotatable bonds is 9. The molecule has 0 aliphatic rings. The molecule has 0 spiro atoms. The largest absolute Gasteiger partial charge is 0.310 e. The summed E-state index contributed by atoms with van der Waals surface area (Å²) in [5, 5.41) is 4.89. The maximum atomic E-state index is 3.34. The predicted octanol–water partition coefficient (Wildman–Crippen LogP) is 17.3. The average molecular weight is 839 g/mol. The molecule has 1 aromatic heterocycles. The molecule has 0 aliphatic carbocycles. The van der Waals surface area contributed by atoms with E-state index in [1.54, 1.807) is 0 Å². The molecular weight excluding hydrogens is 797 g/mol. The molecular formula is C64H42N2. The normalized spacial score (nSPS) is 11.2. The Bertz CT molecular complexity index is 3610. The maximum Gasteiger partial charge on any atom is 0.0553 e. The molecule has 12 aromatic rings. The maximum absolute atomic E-state index is 3.34. The highest BCUT2D eigenvalue weighted by Crippen LogP contribution is 2.45. The third kappa shape index (κ3) is 7.06. The van der Waals surface area contributed by atoms with Crippen molar-refractivity contribution in [2.75, 3.05) is 4.90 Å². The molecule has 0 unspecified atom stereocenters. The molecule has 0 radical (unpaired) electrons. The van der Waals surface area contributed by atoms with Crippen molar-refractivity contribution in [1.82, 2.24) is 4.57 Å². The van der Waals surface area contributed by atoms with Crippen LogP contribution in [0.4, 0.5) is 17.1 Å². The second-order valence-electron chi connectivity index (χ2n) is 16.8. The number of hydrogen-bond acceptors (Lipinski definition) is 1. The Morgan fingerprint density at radius 2 is 0.879 bits per heavy atom. The molecule has 1 heterocycles. The van der Waals surface area contributed by atoms with Gasteiger partial charge in [-0.05, 0) is 152 Å². The minimum absolute atomic E-state index is 1.00. The number of para-hydroxylation sites is 2. The first kappa shape index (κ1) is 38.7. The zero-order valence-electron chi connectivity index (χ0n) is 36.1. The van der Waals surface area contributed by atoms with Crippen molar-refractivity contribution in [3.63, 3.8) is 0 Å². The van der Waals surface area contributed by atoms with Crippen LogP contribution < -0.4 is 4.90 Å². The van der Waals surface area contributed by atoms with Gasteiger partial charge in [-0.1, -0.05) is 176 Å². The highest BCUT2D eigenvalue weighted by molar-refractivity contribution is 6.23. The molecule has 0 atom stereocenters. The van der Waals surface area contributed by atoms with Crippen LogP contribution in [0.25, 0.3) is 93.9 Å². The molecule has 308 valence electrons. The molecule has 0 saturated carbocycles. The Morgan fingerprint density at radius 3 is 1.53 bits per heavy atom. The highest BCUT2D eigenvalue weighted by Gasteiger charge is 2.21. The zero-order valence-corrected chi connectivity index (χ0v) is 36.1. The summed E-state index contributed by atoms with van der Waals surface area (Å²) in [6.45, 7) is 0. The number of hydrogen-bond donors (Lipinski definition) is 0. The molecule has 0 amide bonds. The number of benzene rings is 10. The summed E-state index contributed by atoms with van der Waals surface area (Å²) in [7, 11) is 0. The van der Waals surface area contributed by atoms with E-state index in [0.717, 1.165) is 45.0 Å². The Balaban J connectivity index is 1.04. The summed E-state index contributed by atoms with van der Waals surface area (Å²) >= 11 is 0. The van der Waals surface area contributed by atoms with E-state index in [2.05, 4.69) is 264 Å². The van der Waals surface area contributed by atoms with Crippen LogP contribution in [0.1, 0.15) is 0 Å². The van der Waals surface area contributed by atoms with Gasteiger partial charge in [0.05, 0.1) is 11.0 Å². The summed E-state index contributed by atoms with van der Waals surface area (Å²) in [4.78, 5) is 2.38. The summed E-state index contributed by atoms with van der Waals surface area (Å²) < 4.78 is 2.42. The Labute approximate surface area is 385 Å². The molecule has 0 N–H and O–H groups in total.